The first-order chi connectivity index (χ1) is 10.0. The van der Waals surface area contributed by atoms with Gasteiger partial charge in [-0.1, -0.05) is 24.3 Å². The molecule has 5 nitrogen and oxygen atoms in total. The number of rotatable bonds is 4. The van der Waals surface area contributed by atoms with Crippen LogP contribution in [0.5, 0.6) is 0 Å². The molecule has 1 aromatic carbocycles. The predicted octanol–water partition coefficient (Wildman–Crippen LogP) is 1.28. The van der Waals surface area contributed by atoms with Crippen LogP contribution in [-0.4, -0.2) is 43.0 Å². The number of carbonyl (C=O) groups is 2. The van der Waals surface area contributed by atoms with E-state index in [9.17, 15) is 9.59 Å². The number of nitrogens with zero attached hydrogens (tertiary/aromatic N) is 1. The quantitative estimate of drug-likeness (QED) is 0.849. The second-order valence-electron chi connectivity index (χ2n) is 5.52. The Morgan fingerprint density at radius 3 is 2.76 bits per heavy atom. The molecule has 0 saturated carbocycles. The van der Waals surface area contributed by atoms with Crippen molar-refractivity contribution in [2.45, 2.75) is 32.4 Å². The Morgan fingerprint density at radius 1 is 1.38 bits per heavy atom. The molecule has 0 fully saturated rings. The Morgan fingerprint density at radius 2 is 2.10 bits per heavy atom. The lowest BCUT2D eigenvalue weighted by atomic mass is 9.89. The third kappa shape index (κ3) is 3.42. The molecule has 0 aromatic heterocycles. The fraction of sp³-hybridized carbons (Fsp3) is 0.500. The van der Waals surface area contributed by atoms with Gasteiger partial charge in [0.1, 0.15) is 6.54 Å². The molecule has 1 aliphatic rings. The van der Waals surface area contributed by atoms with Crippen molar-refractivity contribution in [1.29, 1.82) is 0 Å². The van der Waals surface area contributed by atoms with Crippen LogP contribution in [0.25, 0.3) is 0 Å². The van der Waals surface area contributed by atoms with Crippen LogP contribution >= 0.6 is 0 Å². The van der Waals surface area contributed by atoms with Crippen molar-refractivity contribution in [2.24, 2.45) is 0 Å². The molecule has 0 spiro atoms. The Kier molecular flexibility index (Phi) is 4.96. The highest BCUT2D eigenvalue weighted by Crippen LogP contribution is 2.26. The van der Waals surface area contributed by atoms with E-state index in [0.29, 0.717) is 6.54 Å². The summed E-state index contributed by atoms with van der Waals surface area (Å²) in [7, 11) is 1.34. The van der Waals surface area contributed by atoms with Crippen LogP contribution in [0.3, 0.4) is 0 Å². The standard InChI is InChI=1S/C16H22N2O3/c1-11(2)18(10-15(19)21-3)16(20)14-9-17-8-12-6-4-5-7-13(12)14/h4-7,11,14,17H,8-10H2,1-3H3. The van der Waals surface area contributed by atoms with Crippen LogP contribution in [0, 0.1) is 0 Å². The average Bonchev–Trinajstić information content (AvgIpc) is 2.50. The normalized spacial score (nSPS) is 17.2. The first kappa shape index (κ1) is 15.5. The van der Waals surface area contributed by atoms with Gasteiger partial charge in [0.25, 0.3) is 0 Å². The summed E-state index contributed by atoms with van der Waals surface area (Å²) in [6, 6.07) is 7.90. The molecule has 0 saturated heterocycles. The molecule has 0 bridgehead atoms. The first-order valence-electron chi connectivity index (χ1n) is 7.20. The fourth-order valence-corrected chi connectivity index (χ4v) is 2.64. The number of ether oxygens (including phenoxy) is 1. The zero-order chi connectivity index (χ0) is 15.4. The number of carbonyl (C=O) groups excluding carboxylic acids is 2. The molecule has 2 rings (SSSR count). The van der Waals surface area contributed by atoms with E-state index in [4.69, 9.17) is 0 Å². The van der Waals surface area contributed by atoms with Gasteiger partial charge in [0.15, 0.2) is 0 Å². The molecule has 1 amide bonds. The molecule has 1 aliphatic heterocycles. The summed E-state index contributed by atoms with van der Waals surface area (Å²) in [5, 5.41) is 3.27. The van der Waals surface area contributed by atoms with Crippen molar-refractivity contribution in [3.63, 3.8) is 0 Å². The summed E-state index contributed by atoms with van der Waals surface area (Å²) in [5.74, 6) is -0.675. The van der Waals surface area contributed by atoms with E-state index in [-0.39, 0.29) is 24.4 Å². The molecule has 0 radical (unpaired) electrons. The monoisotopic (exact) mass is 290 g/mol. The first-order valence-corrected chi connectivity index (χ1v) is 7.20. The molecular formula is C16H22N2O3. The SMILES string of the molecule is COC(=O)CN(C(=O)C1CNCc2ccccc21)C(C)C. The van der Waals surface area contributed by atoms with E-state index >= 15 is 0 Å². The van der Waals surface area contributed by atoms with Crippen LogP contribution in [0.2, 0.25) is 0 Å². The maximum atomic E-state index is 12.8. The lowest BCUT2D eigenvalue weighted by Gasteiger charge is -2.33. The van der Waals surface area contributed by atoms with Gasteiger partial charge in [-0.25, -0.2) is 0 Å². The summed E-state index contributed by atoms with van der Waals surface area (Å²) in [5.41, 5.74) is 2.20. The number of esters is 1. The number of amides is 1. The number of fused-ring (bicyclic) bond motifs is 1. The van der Waals surface area contributed by atoms with Crippen LogP contribution in [0.15, 0.2) is 24.3 Å². The van der Waals surface area contributed by atoms with Gasteiger partial charge in [0, 0.05) is 19.1 Å². The number of hydrogen-bond donors (Lipinski definition) is 1. The van der Waals surface area contributed by atoms with Crippen molar-refractivity contribution in [1.82, 2.24) is 10.2 Å². The van der Waals surface area contributed by atoms with E-state index in [1.807, 2.05) is 38.1 Å². The van der Waals surface area contributed by atoms with E-state index < -0.39 is 5.97 Å². The predicted molar refractivity (Wildman–Crippen MR) is 79.8 cm³/mol. The summed E-state index contributed by atoms with van der Waals surface area (Å²) >= 11 is 0. The molecular weight excluding hydrogens is 268 g/mol. The van der Waals surface area contributed by atoms with Crippen LogP contribution in [0.4, 0.5) is 0 Å². The lowest BCUT2D eigenvalue weighted by Crippen LogP contribution is -2.46. The molecule has 5 heteroatoms. The average molecular weight is 290 g/mol. The zero-order valence-corrected chi connectivity index (χ0v) is 12.8. The number of hydrogen-bond acceptors (Lipinski definition) is 4. The topological polar surface area (TPSA) is 58.6 Å². The van der Waals surface area contributed by atoms with Crippen molar-refractivity contribution in [2.75, 3.05) is 20.2 Å². The summed E-state index contributed by atoms with van der Waals surface area (Å²) in [6.07, 6.45) is 0. The van der Waals surface area contributed by atoms with Crippen LogP contribution in [-0.2, 0) is 20.9 Å². The number of methoxy groups -OCH3 is 1. The minimum Gasteiger partial charge on any atom is -0.468 e. The van der Waals surface area contributed by atoms with Gasteiger partial charge in [0.2, 0.25) is 5.91 Å². The Bertz CT molecular complexity index is 528. The summed E-state index contributed by atoms with van der Waals surface area (Å²) in [4.78, 5) is 25.9. The van der Waals surface area contributed by atoms with Gasteiger partial charge in [0.05, 0.1) is 13.0 Å². The van der Waals surface area contributed by atoms with Gasteiger partial charge < -0.3 is 15.0 Å². The molecule has 1 unspecified atom stereocenters. The Balaban J connectivity index is 2.24. The van der Waals surface area contributed by atoms with Gasteiger partial charge in [-0.2, -0.15) is 0 Å². The third-order valence-corrected chi connectivity index (χ3v) is 3.83. The zero-order valence-electron chi connectivity index (χ0n) is 12.8. The van der Waals surface area contributed by atoms with Gasteiger partial charge in [-0.3, -0.25) is 9.59 Å². The van der Waals surface area contributed by atoms with Crippen molar-refractivity contribution in [3.05, 3.63) is 35.4 Å². The minimum absolute atomic E-state index is 0.00827. The highest BCUT2D eigenvalue weighted by Gasteiger charge is 2.31. The number of nitrogens with one attached hydrogen (secondary N) is 1. The molecule has 0 aliphatic carbocycles. The molecule has 21 heavy (non-hydrogen) atoms. The molecule has 114 valence electrons. The third-order valence-electron chi connectivity index (χ3n) is 3.83. The van der Waals surface area contributed by atoms with E-state index in [2.05, 4.69) is 10.1 Å². The van der Waals surface area contributed by atoms with Gasteiger partial charge in [-0.15, -0.1) is 0 Å². The van der Waals surface area contributed by atoms with E-state index in [1.54, 1.807) is 4.90 Å². The van der Waals surface area contributed by atoms with Crippen molar-refractivity contribution < 1.29 is 14.3 Å². The second kappa shape index (κ2) is 6.72. The number of benzene rings is 1. The van der Waals surface area contributed by atoms with E-state index in [1.165, 1.54) is 7.11 Å². The fourth-order valence-electron chi connectivity index (χ4n) is 2.64. The maximum absolute atomic E-state index is 12.8. The molecule has 1 N–H and O–H groups in total. The van der Waals surface area contributed by atoms with Crippen LogP contribution in [0.1, 0.15) is 30.9 Å². The molecule has 1 aromatic rings. The second-order valence-corrected chi connectivity index (χ2v) is 5.52. The maximum Gasteiger partial charge on any atom is 0.325 e. The summed E-state index contributed by atoms with van der Waals surface area (Å²) in [6.45, 7) is 5.18. The Labute approximate surface area is 125 Å². The van der Waals surface area contributed by atoms with E-state index in [0.717, 1.165) is 17.7 Å². The van der Waals surface area contributed by atoms with Gasteiger partial charge in [-0.05, 0) is 25.0 Å². The molecule has 1 atom stereocenters. The van der Waals surface area contributed by atoms with Crippen molar-refractivity contribution in [3.8, 4) is 0 Å². The minimum atomic E-state index is -0.394. The highest BCUT2D eigenvalue weighted by atomic mass is 16.5. The van der Waals surface area contributed by atoms with Gasteiger partial charge >= 0.3 is 5.97 Å². The lowest BCUT2D eigenvalue weighted by molar-refractivity contribution is -0.148. The molecule has 1 heterocycles. The highest BCUT2D eigenvalue weighted by molar-refractivity contribution is 5.88. The summed E-state index contributed by atoms with van der Waals surface area (Å²) < 4.78 is 4.69. The van der Waals surface area contributed by atoms with Crippen LogP contribution < -0.4 is 5.32 Å². The Hall–Kier alpha value is -1.88. The van der Waals surface area contributed by atoms with Crippen molar-refractivity contribution >= 4 is 11.9 Å². The largest absolute Gasteiger partial charge is 0.468 e. The smallest absolute Gasteiger partial charge is 0.325 e.